The predicted molar refractivity (Wildman–Crippen MR) is 79.0 cm³/mol. The van der Waals surface area contributed by atoms with Crippen molar-refractivity contribution in [1.29, 1.82) is 0 Å². The summed E-state index contributed by atoms with van der Waals surface area (Å²) in [6.45, 7) is 0.511. The van der Waals surface area contributed by atoms with Crippen LogP contribution in [0.25, 0.3) is 0 Å². The molecule has 0 aromatic heterocycles. The van der Waals surface area contributed by atoms with E-state index in [2.05, 4.69) is 15.9 Å². The van der Waals surface area contributed by atoms with Crippen molar-refractivity contribution >= 4 is 27.5 Å². The monoisotopic (exact) mass is 330 g/mol. The third-order valence-corrected chi connectivity index (χ3v) is 3.57. The van der Waals surface area contributed by atoms with Gasteiger partial charge in [-0.3, -0.25) is 9.59 Å². The number of hydrogen-bond donors (Lipinski definition) is 0. The molecule has 0 aliphatic heterocycles. The van der Waals surface area contributed by atoms with Crippen LogP contribution in [0.5, 0.6) is 5.75 Å². The van der Waals surface area contributed by atoms with Crippen LogP contribution in [-0.4, -0.2) is 23.5 Å². The zero-order valence-electron chi connectivity index (χ0n) is 10.6. The number of carbonyl (C=O) groups excluding carboxylic acids is 2. The molecule has 3 rings (SSSR count). The lowest BCUT2D eigenvalue weighted by Gasteiger charge is -2.18. The van der Waals surface area contributed by atoms with E-state index in [1.54, 1.807) is 42.5 Å². The number of ketones is 2. The highest BCUT2D eigenvalue weighted by Crippen LogP contribution is 2.29. The maximum atomic E-state index is 12.5. The molecular formula is C16H11BrO3. The van der Waals surface area contributed by atoms with E-state index in [1.807, 2.05) is 0 Å². The van der Waals surface area contributed by atoms with E-state index in [4.69, 9.17) is 4.74 Å². The molecule has 4 heteroatoms. The first kappa shape index (κ1) is 13.1. The van der Waals surface area contributed by atoms with Gasteiger partial charge in [0.2, 0.25) is 0 Å². The van der Waals surface area contributed by atoms with E-state index in [1.165, 1.54) is 0 Å². The van der Waals surface area contributed by atoms with Gasteiger partial charge in [0.1, 0.15) is 5.75 Å². The minimum absolute atomic E-state index is 0.109. The van der Waals surface area contributed by atoms with Crippen LogP contribution >= 0.6 is 15.9 Å². The summed E-state index contributed by atoms with van der Waals surface area (Å²) in [5, 5.41) is 0.708. The Morgan fingerprint density at radius 3 is 2.10 bits per heavy atom. The molecule has 0 atom stereocenters. The standard InChI is InChI=1S/C16H11BrO3/c17-7-8-20-10-5-6-13-14(9-10)16(19)12-4-2-1-3-11(12)15(13)18/h1-6,9H,7-8H2. The van der Waals surface area contributed by atoms with Crippen LogP contribution in [0.15, 0.2) is 42.5 Å². The molecule has 0 N–H and O–H groups in total. The van der Waals surface area contributed by atoms with Gasteiger partial charge < -0.3 is 4.74 Å². The molecule has 20 heavy (non-hydrogen) atoms. The summed E-state index contributed by atoms with van der Waals surface area (Å²) < 4.78 is 5.48. The largest absolute Gasteiger partial charge is 0.493 e. The van der Waals surface area contributed by atoms with Crippen LogP contribution in [-0.2, 0) is 0 Å². The molecule has 0 saturated carbocycles. The van der Waals surface area contributed by atoms with Gasteiger partial charge in [0.15, 0.2) is 11.6 Å². The van der Waals surface area contributed by atoms with Crippen molar-refractivity contribution < 1.29 is 14.3 Å². The zero-order valence-corrected chi connectivity index (χ0v) is 12.1. The Morgan fingerprint density at radius 2 is 1.45 bits per heavy atom. The Kier molecular flexibility index (Phi) is 3.40. The Labute approximate surface area is 124 Å². The van der Waals surface area contributed by atoms with Crippen molar-refractivity contribution in [2.75, 3.05) is 11.9 Å². The van der Waals surface area contributed by atoms with Crippen LogP contribution in [0.2, 0.25) is 0 Å². The van der Waals surface area contributed by atoms with Gasteiger partial charge in [-0.2, -0.15) is 0 Å². The third kappa shape index (κ3) is 2.06. The topological polar surface area (TPSA) is 43.4 Å². The van der Waals surface area contributed by atoms with E-state index < -0.39 is 0 Å². The fourth-order valence-corrected chi connectivity index (χ4v) is 2.49. The minimum atomic E-state index is -0.125. The van der Waals surface area contributed by atoms with Crippen molar-refractivity contribution in [2.24, 2.45) is 0 Å². The summed E-state index contributed by atoms with van der Waals surface area (Å²) in [6.07, 6.45) is 0. The highest BCUT2D eigenvalue weighted by Gasteiger charge is 2.29. The molecule has 1 aliphatic carbocycles. The van der Waals surface area contributed by atoms with Crippen molar-refractivity contribution in [3.63, 3.8) is 0 Å². The first-order chi connectivity index (χ1) is 9.72. The first-order valence-corrected chi connectivity index (χ1v) is 7.36. The highest BCUT2D eigenvalue weighted by molar-refractivity contribution is 9.09. The second-order valence-corrected chi connectivity index (χ2v) is 5.24. The molecule has 1 aliphatic rings. The molecule has 0 saturated heterocycles. The molecular weight excluding hydrogens is 320 g/mol. The number of alkyl halides is 1. The van der Waals surface area contributed by atoms with Crippen LogP contribution in [0.3, 0.4) is 0 Å². The zero-order chi connectivity index (χ0) is 14.1. The molecule has 0 amide bonds. The number of fused-ring (bicyclic) bond motifs is 2. The van der Waals surface area contributed by atoms with Crippen LogP contribution in [0, 0.1) is 0 Å². The van der Waals surface area contributed by atoms with Crippen molar-refractivity contribution in [3.05, 3.63) is 64.7 Å². The normalized spacial score (nSPS) is 12.8. The van der Waals surface area contributed by atoms with Crippen molar-refractivity contribution in [2.45, 2.75) is 0 Å². The lowest BCUT2D eigenvalue weighted by Crippen LogP contribution is -2.20. The third-order valence-electron chi connectivity index (χ3n) is 3.24. The maximum absolute atomic E-state index is 12.5. The van der Waals surface area contributed by atoms with Gasteiger partial charge in [0, 0.05) is 27.6 Å². The molecule has 0 fully saturated rings. The molecule has 100 valence electrons. The Bertz CT molecular complexity index is 707. The van der Waals surface area contributed by atoms with Gasteiger partial charge >= 0.3 is 0 Å². The smallest absolute Gasteiger partial charge is 0.194 e. The Morgan fingerprint density at radius 1 is 0.850 bits per heavy atom. The number of benzene rings is 2. The van der Waals surface area contributed by atoms with Crippen molar-refractivity contribution in [3.8, 4) is 5.75 Å². The molecule has 0 spiro atoms. The summed E-state index contributed by atoms with van der Waals surface area (Å²) in [6, 6.07) is 11.9. The fraction of sp³-hybridized carbons (Fsp3) is 0.125. The number of rotatable bonds is 3. The highest BCUT2D eigenvalue weighted by atomic mass is 79.9. The number of halogens is 1. The molecule has 0 unspecified atom stereocenters. The van der Waals surface area contributed by atoms with Crippen molar-refractivity contribution in [1.82, 2.24) is 0 Å². The van der Waals surface area contributed by atoms with E-state index >= 15 is 0 Å². The lowest BCUT2D eigenvalue weighted by atomic mass is 9.84. The summed E-state index contributed by atoms with van der Waals surface area (Å²) in [5.74, 6) is 0.366. The van der Waals surface area contributed by atoms with E-state index in [0.717, 1.165) is 0 Å². The SMILES string of the molecule is O=C1c2ccccc2C(=O)c2cc(OCCBr)ccc21. The van der Waals surface area contributed by atoms with Crippen LogP contribution in [0.4, 0.5) is 0 Å². The fourth-order valence-electron chi connectivity index (χ4n) is 2.32. The summed E-state index contributed by atoms with van der Waals surface area (Å²) in [5.41, 5.74) is 1.79. The Hall–Kier alpha value is -1.94. The summed E-state index contributed by atoms with van der Waals surface area (Å²) in [4.78, 5) is 24.8. The van der Waals surface area contributed by atoms with Gasteiger partial charge in [0.05, 0.1) is 6.61 Å². The van der Waals surface area contributed by atoms with Gasteiger partial charge in [-0.1, -0.05) is 40.2 Å². The van der Waals surface area contributed by atoms with E-state index in [-0.39, 0.29) is 11.6 Å². The summed E-state index contributed by atoms with van der Waals surface area (Å²) >= 11 is 3.28. The van der Waals surface area contributed by atoms with Gasteiger partial charge in [-0.25, -0.2) is 0 Å². The molecule has 3 nitrogen and oxygen atoms in total. The molecule has 0 radical (unpaired) electrons. The average molecular weight is 331 g/mol. The first-order valence-electron chi connectivity index (χ1n) is 6.23. The predicted octanol–water partition coefficient (Wildman–Crippen LogP) is 3.24. The van der Waals surface area contributed by atoms with E-state index in [0.29, 0.717) is 39.9 Å². The quantitative estimate of drug-likeness (QED) is 0.692. The van der Waals surface area contributed by atoms with Crippen LogP contribution < -0.4 is 4.74 Å². The average Bonchev–Trinajstić information content (AvgIpc) is 2.50. The lowest BCUT2D eigenvalue weighted by molar-refractivity contribution is 0.0979. The maximum Gasteiger partial charge on any atom is 0.194 e. The molecule has 2 aromatic rings. The number of carbonyl (C=O) groups is 2. The second kappa shape index (κ2) is 5.21. The minimum Gasteiger partial charge on any atom is -0.493 e. The summed E-state index contributed by atoms with van der Waals surface area (Å²) in [7, 11) is 0. The number of hydrogen-bond acceptors (Lipinski definition) is 3. The van der Waals surface area contributed by atoms with Gasteiger partial charge in [0.25, 0.3) is 0 Å². The van der Waals surface area contributed by atoms with Gasteiger partial charge in [-0.15, -0.1) is 0 Å². The molecule has 0 bridgehead atoms. The van der Waals surface area contributed by atoms with E-state index in [9.17, 15) is 9.59 Å². The number of ether oxygens (including phenoxy) is 1. The second-order valence-electron chi connectivity index (χ2n) is 4.45. The molecule has 0 heterocycles. The Balaban J connectivity index is 2.09. The van der Waals surface area contributed by atoms with Crippen LogP contribution in [0.1, 0.15) is 31.8 Å². The van der Waals surface area contributed by atoms with Gasteiger partial charge in [-0.05, 0) is 18.2 Å². The molecule has 2 aromatic carbocycles.